The van der Waals surface area contributed by atoms with Crippen molar-refractivity contribution in [3.05, 3.63) is 46.4 Å². The number of methoxy groups -OCH3 is 1. The molecule has 0 radical (unpaired) electrons. The van der Waals surface area contributed by atoms with E-state index in [1.54, 1.807) is 42.0 Å². The average molecular weight is 277 g/mol. The van der Waals surface area contributed by atoms with Gasteiger partial charge in [0.15, 0.2) is 0 Å². The van der Waals surface area contributed by atoms with Gasteiger partial charge in [0.2, 0.25) is 0 Å². The summed E-state index contributed by atoms with van der Waals surface area (Å²) in [7, 11) is 1.58. The highest BCUT2D eigenvalue weighted by Crippen LogP contribution is 2.37. The number of aromatic nitrogens is 1. The van der Waals surface area contributed by atoms with Gasteiger partial charge in [-0.15, -0.1) is 22.7 Å². The van der Waals surface area contributed by atoms with Crippen LogP contribution in [0.3, 0.4) is 0 Å². The third-order valence-corrected chi connectivity index (χ3v) is 4.85. The zero-order chi connectivity index (χ0) is 12.5. The van der Waals surface area contributed by atoms with Gasteiger partial charge in [-0.25, -0.2) is 0 Å². The zero-order valence-electron chi connectivity index (χ0n) is 9.66. The molecule has 0 saturated carbocycles. The number of ether oxygens (including phenoxy) is 1. The van der Waals surface area contributed by atoms with E-state index in [9.17, 15) is 5.11 Å². The number of aliphatic hydroxyl groups excluding tert-OH is 1. The second-order valence-corrected chi connectivity index (χ2v) is 5.85. The lowest BCUT2D eigenvalue weighted by molar-refractivity contribution is 0.213. The van der Waals surface area contributed by atoms with Crippen LogP contribution in [-0.4, -0.2) is 17.2 Å². The summed E-state index contributed by atoms with van der Waals surface area (Å²) in [6.45, 7) is 0. The number of thiophene rings is 2. The van der Waals surface area contributed by atoms with Gasteiger partial charge in [0.1, 0.15) is 17.5 Å². The second kappa shape index (κ2) is 4.68. The van der Waals surface area contributed by atoms with Crippen LogP contribution in [0.5, 0.6) is 5.75 Å². The van der Waals surface area contributed by atoms with Gasteiger partial charge in [0, 0.05) is 20.5 Å². The predicted octanol–water partition coefficient (Wildman–Crippen LogP) is 3.45. The van der Waals surface area contributed by atoms with Crippen molar-refractivity contribution in [2.24, 2.45) is 0 Å². The number of hydrogen-bond acceptors (Lipinski definition) is 5. The van der Waals surface area contributed by atoms with E-state index in [2.05, 4.69) is 16.4 Å². The molecule has 0 aliphatic carbocycles. The first kappa shape index (κ1) is 11.6. The molecule has 0 aliphatic rings. The molecule has 0 aliphatic heterocycles. The molecule has 18 heavy (non-hydrogen) atoms. The first-order chi connectivity index (χ1) is 8.79. The van der Waals surface area contributed by atoms with Gasteiger partial charge < -0.3 is 9.84 Å². The van der Waals surface area contributed by atoms with Crippen LogP contribution in [0.1, 0.15) is 16.7 Å². The van der Waals surface area contributed by atoms with Crippen molar-refractivity contribution in [3.63, 3.8) is 0 Å². The zero-order valence-corrected chi connectivity index (χ0v) is 11.3. The molecule has 3 aromatic rings. The summed E-state index contributed by atoms with van der Waals surface area (Å²) in [4.78, 5) is 5.11. The molecule has 3 rings (SSSR count). The molecule has 3 aromatic heterocycles. The van der Waals surface area contributed by atoms with Crippen molar-refractivity contribution < 1.29 is 9.84 Å². The number of fused-ring (bicyclic) bond motifs is 1. The SMILES string of the molecule is COc1cccnc1C(O)c1cc2sccc2s1. The maximum atomic E-state index is 10.4. The van der Waals surface area contributed by atoms with Gasteiger partial charge in [-0.2, -0.15) is 0 Å². The molecule has 92 valence electrons. The first-order valence-electron chi connectivity index (χ1n) is 5.43. The molecule has 1 unspecified atom stereocenters. The maximum Gasteiger partial charge on any atom is 0.143 e. The third-order valence-electron chi connectivity index (χ3n) is 2.71. The van der Waals surface area contributed by atoms with E-state index in [-0.39, 0.29) is 0 Å². The monoisotopic (exact) mass is 277 g/mol. The normalized spacial score (nSPS) is 12.8. The highest BCUT2D eigenvalue weighted by molar-refractivity contribution is 7.26. The van der Waals surface area contributed by atoms with E-state index in [4.69, 9.17) is 4.74 Å². The Morgan fingerprint density at radius 1 is 1.33 bits per heavy atom. The maximum absolute atomic E-state index is 10.4. The summed E-state index contributed by atoms with van der Waals surface area (Å²) in [6, 6.07) is 7.68. The van der Waals surface area contributed by atoms with Crippen LogP contribution in [0, 0.1) is 0 Å². The fraction of sp³-hybridized carbons (Fsp3) is 0.154. The minimum absolute atomic E-state index is 0.564. The highest BCUT2D eigenvalue weighted by Gasteiger charge is 2.19. The Morgan fingerprint density at radius 3 is 3.00 bits per heavy atom. The number of hydrogen-bond donors (Lipinski definition) is 1. The number of pyridine rings is 1. The predicted molar refractivity (Wildman–Crippen MR) is 74.6 cm³/mol. The van der Waals surface area contributed by atoms with E-state index in [1.165, 1.54) is 9.40 Å². The Morgan fingerprint density at radius 2 is 2.22 bits per heavy atom. The van der Waals surface area contributed by atoms with E-state index in [0.29, 0.717) is 11.4 Å². The summed E-state index contributed by atoms with van der Waals surface area (Å²) in [5, 5.41) is 12.4. The summed E-state index contributed by atoms with van der Waals surface area (Å²) >= 11 is 3.27. The molecule has 0 spiro atoms. The fourth-order valence-electron chi connectivity index (χ4n) is 1.83. The van der Waals surface area contributed by atoms with E-state index in [1.807, 2.05) is 12.1 Å². The molecule has 1 N–H and O–H groups in total. The second-order valence-electron chi connectivity index (χ2n) is 3.79. The standard InChI is InChI=1S/C13H11NO2S2/c1-16-8-3-2-5-14-12(8)13(15)11-7-10-9(18-11)4-6-17-10/h2-7,13,15H,1H3. The van der Waals surface area contributed by atoms with Crippen molar-refractivity contribution in [3.8, 4) is 5.75 Å². The lowest BCUT2D eigenvalue weighted by Crippen LogP contribution is -2.02. The minimum atomic E-state index is -0.731. The summed E-state index contributed by atoms with van der Waals surface area (Å²) in [5.74, 6) is 0.613. The van der Waals surface area contributed by atoms with Gasteiger partial charge in [0.25, 0.3) is 0 Å². The molecular formula is C13H11NO2S2. The molecular weight excluding hydrogens is 266 g/mol. The van der Waals surface area contributed by atoms with E-state index < -0.39 is 6.10 Å². The molecule has 3 nitrogen and oxygen atoms in total. The summed E-state index contributed by atoms with van der Waals surface area (Å²) in [6.07, 6.45) is 0.933. The van der Waals surface area contributed by atoms with Crippen molar-refractivity contribution in [1.82, 2.24) is 4.98 Å². The fourth-order valence-corrected chi connectivity index (χ4v) is 3.94. The number of aliphatic hydroxyl groups is 1. The van der Waals surface area contributed by atoms with Crippen LogP contribution < -0.4 is 4.74 Å². The van der Waals surface area contributed by atoms with Crippen molar-refractivity contribution in [2.75, 3.05) is 7.11 Å². The van der Waals surface area contributed by atoms with Crippen molar-refractivity contribution in [1.29, 1.82) is 0 Å². The number of nitrogens with zero attached hydrogens (tertiary/aromatic N) is 1. The van der Waals surface area contributed by atoms with Gasteiger partial charge >= 0.3 is 0 Å². The van der Waals surface area contributed by atoms with Crippen molar-refractivity contribution >= 4 is 32.1 Å². The van der Waals surface area contributed by atoms with Crippen LogP contribution in [0.15, 0.2) is 35.8 Å². The highest BCUT2D eigenvalue weighted by atomic mass is 32.1. The summed E-state index contributed by atoms with van der Waals surface area (Å²) in [5.41, 5.74) is 0.564. The smallest absolute Gasteiger partial charge is 0.143 e. The van der Waals surface area contributed by atoms with Crippen LogP contribution in [0.4, 0.5) is 0 Å². The van der Waals surface area contributed by atoms with Crippen molar-refractivity contribution in [2.45, 2.75) is 6.10 Å². The molecule has 0 amide bonds. The largest absolute Gasteiger partial charge is 0.495 e. The lowest BCUT2D eigenvalue weighted by atomic mass is 10.2. The van der Waals surface area contributed by atoms with E-state index in [0.717, 1.165) is 4.88 Å². The molecule has 0 bridgehead atoms. The van der Waals surface area contributed by atoms with Crippen LogP contribution >= 0.6 is 22.7 Å². The molecule has 0 aromatic carbocycles. The average Bonchev–Trinajstić information content (AvgIpc) is 2.98. The Balaban J connectivity index is 2.03. The summed E-state index contributed by atoms with van der Waals surface area (Å²) < 4.78 is 7.62. The Hall–Kier alpha value is -1.43. The topological polar surface area (TPSA) is 42.4 Å². The molecule has 0 fully saturated rings. The molecule has 5 heteroatoms. The molecule has 0 saturated heterocycles. The Bertz CT molecular complexity index is 646. The van der Waals surface area contributed by atoms with Crippen LogP contribution in [0.25, 0.3) is 9.40 Å². The minimum Gasteiger partial charge on any atom is -0.495 e. The quantitative estimate of drug-likeness (QED) is 0.797. The molecule has 1 atom stereocenters. The van der Waals surface area contributed by atoms with E-state index >= 15 is 0 Å². The third kappa shape index (κ3) is 1.90. The van der Waals surface area contributed by atoms with Gasteiger partial charge in [-0.05, 0) is 29.6 Å². The lowest BCUT2D eigenvalue weighted by Gasteiger charge is -2.11. The van der Waals surface area contributed by atoms with Gasteiger partial charge in [-0.1, -0.05) is 0 Å². The number of rotatable bonds is 3. The van der Waals surface area contributed by atoms with Crippen LogP contribution in [-0.2, 0) is 0 Å². The Labute approximate surface area is 112 Å². The van der Waals surface area contributed by atoms with Crippen LogP contribution in [0.2, 0.25) is 0 Å². The molecule has 3 heterocycles. The van der Waals surface area contributed by atoms with Gasteiger partial charge in [0.05, 0.1) is 7.11 Å². The first-order valence-corrected chi connectivity index (χ1v) is 7.13. The van der Waals surface area contributed by atoms with Gasteiger partial charge in [-0.3, -0.25) is 4.98 Å². The Kier molecular flexibility index (Phi) is 3.03.